The molecule has 0 spiro atoms. The van der Waals surface area contributed by atoms with Crippen LogP contribution in [0.1, 0.15) is 19.3 Å². The van der Waals surface area contributed by atoms with Gasteiger partial charge in [-0.2, -0.15) is 4.31 Å². The molecule has 1 saturated heterocycles. The SMILES string of the molecule is C=CCCS(=O)(=O)N1CCC[C@@H]1C(=O)O. The Morgan fingerprint density at radius 3 is 2.80 bits per heavy atom. The zero-order valence-electron chi connectivity index (χ0n) is 8.42. The maximum absolute atomic E-state index is 11.7. The molecule has 0 amide bonds. The van der Waals surface area contributed by atoms with Crippen molar-refractivity contribution in [3.8, 4) is 0 Å². The minimum Gasteiger partial charge on any atom is -0.480 e. The third kappa shape index (κ3) is 2.79. The number of nitrogens with zero attached hydrogens (tertiary/aromatic N) is 1. The van der Waals surface area contributed by atoms with Crippen LogP contribution in [-0.4, -0.2) is 42.1 Å². The number of carboxylic acids is 1. The average molecular weight is 233 g/mol. The van der Waals surface area contributed by atoms with Gasteiger partial charge >= 0.3 is 5.97 Å². The van der Waals surface area contributed by atoms with Crippen LogP contribution in [0, 0.1) is 0 Å². The zero-order valence-corrected chi connectivity index (χ0v) is 9.24. The lowest BCUT2D eigenvalue weighted by atomic mass is 10.2. The van der Waals surface area contributed by atoms with Gasteiger partial charge < -0.3 is 5.11 Å². The molecule has 5 nitrogen and oxygen atoms in total. The highest BCUT2D eigenvalue weighted by molar-refractivity contribution is 7.89. The molecule has 0 aromatic rings. The zero-order chi connectivity index (χ0) is 11.5. The molecule has 1 N–H and O–H groups in total. The summed E-state index contributed by atoms with van der Waals surface area (Å²) in [7, 11) is -3.44. The second-order valence-corrected chi connectivity index (χ2v) is 5.54. The second kappa shape index (κ2) is 4.76. The minimum absolute atomic E-state index is 0.0553. The number of aliphatic carboxylic acids is 1. The third-order valence-corrected chi connectivity index (χ3v) is 4.33. The quantitative estimate of drug-likeness (QED) is 0.699. The Kier molecular flexibility index (Phi) is 3.87. The van der Waals surface area contributed by atoms with E-state index in [4.69, 9.17) is 5.11 Å². The number of sulfonamides is 1. The molecule has 0 unspecified atom stereocenters. The van der Waals surface area contributed by atoms with E-state index in [0.29, 0.717) is 25.8 Å². The predicted molar refractivity (Wildman–Crippen MR) is 56.0 cm³/mol. The first-order valence-electron chi connectivity index (χ1n) is 4.82. The summed E-state index contributed by atoms with van der Waals surface area (Å²) in [6.07, 6.45) is 2.89. The van der Waals surface area contributed by atoms with Gasteiger partial charge in [0.05, 0.1) is 5.75 Å². The van der Waals surface area contributed by atoms with Gasteiger partial charge in [-0.25, -0.2) is 8.42 Å². The summed E-state index contributed by atoms with van der Waals surface area (Å²) in [6, 6.07) is -0.875. The second-order valence-electron chi connectivity index (χ2n) is 3.50. The fourth-order valence-corrected chi connectivity index (χ4v) is 3.36. The van der Waals surface area contributed by atoms with Gasteiger partial charge in [-0.3, -0.25) is 4.79 Å². The molecule has 0 saturated carbocycles. The normalized spacial score (nSPS) is 22.8. The van der Waals surface area contributed by atoms with E-state index in [2.05, 4.69) is 6.58 Å². The van der Waals surface area contributed by atoms with Gasteiger partial charge in [0.25, 0.3) is 0 Å². The number of rotatable bonds is 5. The molecular formula is C9H15NO4S. The van der Waals surface area contributed by atoms with Crippen molar-refractivity contribution in [1.82, 2.24) is 4.31 Å². The first kappa shape index (κ1) is 12.2. The highest BCUT2D eigenvalue weighted by Gasteiger charge is 2.37. The van der Waals surface area contributed by atoms with Crippen LogP contribution in [0.2, 0.25) is 0 Å². The molecule has 1 aliphatic heterocycles. The summed E-state index contributed by atoms with van der Waals surface area (Å²) in [4.78, 5) is 10.8. The molecule has 0 bridgehead atoms. The van der Waals surface area contributed by atoms with Gasteiger partial charge in [0.1, 0.15) is 6.04 Å². The molecule has 1 heterocycles. The number of allylic oxidation sites excluding steroid dienone is 1. The van der Waals surface area contributed by atoms with Crippen LogP contribution in [0.25, 0.3) is 0 Å². The molecule has 86 valence electrons. The fourth-order valence-electron chi connectivity index (χ4n) is 1.67. The van der Waals surface area contributed by atoms with E-state index >= 15 is 0 Å². The third-order valence-electron chi connectivity index (χ3n) is 2.43. The Morgan fingerprint density at radius 2 is 2.27 bits per heavy atom. The van der Waals surface area contributed by atoms with Crippen LogP contribution >= 0.6 is 0 Å². The summed E-state index contributed by atoms with van der Waals surface area (Å²) in [5.41, 5.74) is 0. The smallest absolute Gasteiger partial charge is 0.322 e. The lowest BCUT2D eigenvalue weighted by Gasteiger charge is -2.20. The molecule has 0 radical (unpaired) electrons. The first-order valence-corrected chi connectivity index (χ1v) is 6.43. The number of hydrogen-bond acceptors (Lipinski definition) is 3. The van der Waals surface area contributed by atoms with Crippen LogP contribution in [0.5, 0.6) is 0 Å². The Hall–Kier alpha value is -0.880. The molecule has 1 atom stereocenters. The topological polar surface area (TPSA) is 74.7 Å². The largest absolute Gasteiger partial charge is 0.480 e. The summed E-state index contributed by atoms with van der Waals surface area (Å²) in [6.45, 7) is 3.76. The van der Waals surface area contributed by atoms with Crippen molar-refractivity contribution < 1.29 is 18.3 Å². The van der Waals surface area contributed by atoms with Gasteiger partial charge in [0, 0.05) is 6.54 Å². The van der Waals surface area contributed by atoms with Crippen LogP contribution < -0.4 is 0 Å². The maximum Gasteiger partial charge on any atom is 0.322 e. The van der Waals surface area contributed by atoms with Crippen molar-refractivity contribution in [2.24, 2.45) is 0 Å². The van der Waals surface area contributed by atoms with Crippen LogP contribution in [0.4, 0.5) is 0 Å². The van der Waals surface area contributed by atoms with E-state index in [9.17, 15) is 13.2 Å². The first-order chi connectivity index (χ1) is 6.99. The maximum atomic E-state index is 11.7. The van der Waals surface area contributed by atoms with E-state index in [1.807, 2.05) is 0 Å². The number of carboxylic acid groups (broad SMARTS) is 1. The summed E-state index contributed by atoms with van der Waals surface area (Å²) in [5, 5.41) is 8.85. The van der Waals surface area contributed by atoms with Gasteiger partial charge in [-0.05, 0) is 19.3 Å². The number of hydrogen-bond donors (Lipinski definition) is 1. The van der Waals surface area contributed by atoms with E-state index < -0.39 is 22.0 Å². The Balaban J connectivity index is 2.77. The fraction of sp³-hybridized carbons (Fsp3) is 0.667. The monoisotopic (exact) mass is 233 g/mol. The summed E-state index contributed by atoms with van der Waals surface area (Å²) in [5.74, 6) is -1.12. The number of carbonyl (C=O) groups is 1. The molecule has 6 heteroatoms. The Morgan fingerprint density at radius 1 is 1.60 bits per heavy atom. The van der Waals surface area contributed by atoms with Gasteiger partial charge in [-0.15, -0.1) is 6.58 Å². The molecule has 1 fully saturated rings. The van der Waals surface area contributed by atoms with Gasteiger partial charge in [-0.1, -0.05) is 6.08 Å². The lowest BCUT2D eigenvalue weighted by Crippen LogP contribution is -2.41. The van der Waals surface area contributed by atoms with Gasteiger partial charge in [0.15, 0.2) is 0 Å². The van der Waals surface area contributed by atoms with Crippen molar-refractivity contribution in [1.29, 1.82) is 0 Å². The van der Waals surface area contributed by atoms with Crippen LogP contribution in [0.15, 0.2) is 12.7 Å². The minimum atomic E-state index is -3.44. The highest BCUT2D eigenvalue weighted by Crippen LogP contribution is 2.21. The molecule has 1 aliphatic rings. The van der Waals surface area contributed by atoms with E-state index in [1.54, 1.807) is 0 Å². The molecular weight excluding hydrogens is 218 g/mol. The van der Waals surface area contributed by atoms with Crippen LogP contribution in [0.3, 0.4) is 0 Å². The van der Waals surface area contributed by atoms with E-state index in [-0.39, 0.29) is 5.75 Å². The highest BCUT2D eigenvalue weighted by atomic mass is 32.2. The standard InChI is InChI=1S/C9H15NO4S/c1-2-3-7-15(13,14)10-6-4-5-8(10)9(11)12/h2,8H,1,3-7H2,(H,11,12)/t8-/m1/s1. The van der Waals surface area contributed by atoms with Crippen molar-refractivity contribution in [2.45, 2.75) is 25.3 Å². The lowest BCUT2D eigenvalue weighted by molar-refractivity contribution is -0.140. The van der Waals surface area contributed by atoms with E-state index in [1.165, 1.54) is 6.08 Å². The molecule has 1 rings (SSSR count). The molecule has 0 aromatic heterocycles. The van der Waals surface area contributed by atoms with Gasteiger partial charge in [0.2, 0.25) is 10.0 Å². The predicted octanol–water partition coefficient (Wildman–Crippen LogP) is 0.441. The van der Waals surface area contributed by atoms with E-state index in [0.717, 1.165) is 4.31 Å². The molecule has 0 aliphatic carbocycles. The molecule has 0 aromatic carbocycles. The average Bonchev–Trinajstić information content (AvgIpc) is 2.63. The Bertz CT molecular complexity index is 349. The van der Waals surface area contributed by atoms with Crippen LogP contribution in [-0.2, 0) is 14.8 Å². The van der Waals surface area contributed by atoms with Crippen molar-refractivity contribution in [3.63, 3.8) is 0 Å². The molecule has 15 heavy (non-hydrogen) atoms. The van der Waals surface area contributed by atoms with Crippen molar-refractivity contribution >= 4 is 16.0 Å². The summed E-state index contributed by atoms with van der Waals surface area (Å²) >= 11 is 0. The van der Waals surface area contributed by atoms with Crippen molar-refractivity contribution in [3.05, 3.63) is 12.7 Å². The summed E-state index contributed by atoms with van der Waals surface area (Å²) < 4.78 is 24.5. The van der Waals surface area contributed by atoms with Crippen molar-refractivity contribution in [2.75, 3.05) is 12.3 Å². The Labute approximate surface area is 89.4 Å².